The van der Waals surface area contributed by atoms with E-state index in [0.717, 1.165) is 12.8 Å². The number of hydrogen-bond acceptors (Lipinski definition) is 0. The van der Waals surface area contributed by atoms with Gasteiger partial charge in [0.25, 0.3) is 0 Å². The lowest BCUT2D eigenvalue weighted by Gasteiger charge is -2.16. The Morgan fingerprint density at radius 3 is 2.83 bits per heavy atom. The van der Waals surface area contributed by atoms with Crippen molar-refractivity contribution in [2.75, 3.05) is 0 Å². The van der Waals surface area contributed by atoms with Crippen LogP contribution in [0.4, 0.5) is 0 Å². The largest absolute Gasteiger partial charge is 0.0949 e. The zero-order valence-corrected chi connectivity index (χ0v) is 14.5. The van der Waals surface area contributed by atoms with Gasteiger partial charge < -0.3 is 0 Å². The Morgan fingerprint density at radius 1 is 1.17 bits per heavy atom. The Morgan fingerprint density at radius 2 is 2.00 bits per heavy atom. The van der Waals surface area contributed by atoms with Crippen molar-refractivity contribution in [3.05, 3.63) is 89.0 Å². The van der Waals surface area contributed by atoms with E-state index in [1.54, 1.807) is 0 Å². The van der Waals surface area contributed by atoms with Gasteiger partial charge in [0.1, 0.15) is 0 Å². The lowest BCUT2D eigenvalue weighted by molar-refractivity contribution is 0.584. The van der Waals surface area contributed by atoms with Gasteiger partial charge in [0.2, 0.25) is 0 Å². The molecule has 0 nitrogen and oxygen atoms in total. The van der Waals surface area contributed by atoms with E-state index in [4.69, 9.17) is 0 Å². The molecule has 0 N–H and O–H groups in total. The third kappa shape index (κ3) is 2.57. The minimum Gasteiger partial charge on any atom is -0.0949 e. The summed E-state index contributed by atoms with van der Waals surface area (Å²) in [5.74, 6) is 1.21. The third-order valence-corrected chi connectivity index (χ3v) is 5.39. The molecule has 24 heavy (non-hydrogen) atoms. The van der Waals surface area contributed by atoms with Crippen molar-refractivity contribution in [2.24, 2.45) is 5.92 Å². The highest BCUT2D eigenvalue weighted by Gasteiger charge is 2.21. The molecule has 0 amide bonds. The van der Waals surface area contributed by atoms with Crippen LogP contribution in [0.5, 0.6) is 0 Å². The van der Waals surface area contributed by atoms with Crippen LogP contribution in [-0.4, -0.2) is 0 Å². The van der Waals surface area contributed by atoms with E-state index in [1.165, 1.54) is 39.0 Å². The molecule has 0 heterocycles. The van der Waals surface area contributed by atoms with E-state index in [0.29, 0.717) is 11.8 Å². The zero-order chi connectivity index (χ0) is 16.7. The Labute approximate surface area is 145 Å². The monoisotopic (exact) mass is 312 g/mol. The van der Waals surface area contributed by atoms with Crippen molar-refractivity contribution >= 4 is 17.2 Å². The molecule has 1 unspecified atom stereocenters. The van der Waals surface area contributed by atoms with Crippen LogP contribution in [0.3, 0.4) is 0 Å². The number of fused-ring (bicyclic) bond motifs is 2. The fourth-order valence-electron chi connectivity index (χ4n) is 3.99. The molecule has 2 aromatic carbocycles. The first-order valence-corrected chi connectivity index (χ1v) is 8.91. The molecule has 2 aromatic rings. The summed E-state index contributed by atoms with van der Waals surface area (Å²) in [5.41, 5.74) is 9.58. The van der Waals surface area contributed by atoms with E-state index in [1.807, 2.05) is 0 Å². The molecule has 2 aliphatic carbocycles. The molecule has 0 aromatic heterocycles. The number of rotatable bonds is 4. The number of hydrogen-bond donors (Lipinski definition) is 0. The zero-order valence-electron chi connectivity index (χ0n) is 14.5. The topological polar surface area (TPSA) is 0 Å². The van der Waals surface area contributed by atoms with E-state index in [-0.39, 0.29) is 0 Å². The van der Waals surface area contributed by atoms with Gasteiger partial charge in [0.05, 0.1) is 0 Å². The highest BCUT2D eigenvalue weighted by atomic mass is 14.3. The molecule has 0 saturated heterocycles. The highest BCUT2D eigenvalue weighted by Crippen LogP contribution is 2.38. The first kappa shape index (κ1) is 15.2. The van der Waals surface area contributed by atoms with Crippen LogP contribution >= 0.6 is 0 Å². The maximum absolute atomic E-state index is 4.38. The second-order valence-corrected chi connectivity index (χ2v) is 7.34. The van der Waals surface area contributed by atoms with Gasteiger partial charge in [0.15, 0.2) is 0 Å². The Kier molecular flexibility index (Phi) is 3.76. The van der Waals surface area contributed by atoms with Crippen LogP contribution in [0.15, 0.2) is 61.2 Å². The van der Waals surface area contributed by atoms with Crippen LogP contribution in [0.1, 0.15) is 54.0 Å². The molecular weight excluding hydrogens is 288 g/mol. The average Bonchev–Trinajstić information content (AvgIpc) is 3.18. The van der Waals surface area contributed by atoms with Crippen molar-refractivity contribution in [3.8, 4) is 0 Å². The molecule has 0 heteroatoms. The standard InChI is InChI=1S/C24H24/c1-16(2)22-12-11-21-15-19(10-13-24(21)22)17(3)14-20-9-8-18-6-4-5-7-23(18)20/h4-7,9-13,15-16,22H,3,8,14H2,1-2H3. The Bertz CT molecular complexity index is 861. The highest BCUT2D eigenvalue weighted by molar-refractivity contribution is 5.83. The maximum Gasteiger partial charge on any atom is 0.00502 e. The van der Waals surface area contributed by atoms with Crippen molar-refractivity contribution in [3.63, 3.8) is 0 Å². The first-order valence-electron chi connectivity index (χ1n) is 8.91. The summed E-state index contributed by atoms with van der Waals surface area (Å²) < 4.78 is 0. The van der Waals surface area contributed by atoms with Crippen LogP contribution in [0.25, 0.3) is 17.2 Å². The number of allylic oxidation sites excluding steroid dienone is 4. The van der Waals surface area contributed by atoms with Crippen molar-refractivity contribution in [1.82, 2.24) is 0 Å². The smallest absolute Gasteiger partial charge is 0.00502 e. The normalized spacial score (nSPS) is 17.8. The van der Waals surface area contributed by atoms with Gasteiger partial charge in [-0.05, 0) is 63.8 Å². The minimum atomic E-state index is 0.562. The SMILES string of the molecule is C=C(CC1=CCc2ccccc21)c1ccc2c(c1)C=CC2C(C)C. The molecule has 0 bridgehead atoms. The lowest BCUT2D eigenvalue weighted by atomic mass is 9.88. The summed E-state index contributed by atoms with van der Waals surface area (Å²) in [4.78, 5) is 0. The summed E-state index contributed by atoms with van der Waals surface area (Å²) in [5, 5.41) is 0. The molecule has 0 radical (unpaired) electrons. The quantitative estimate of drug-likeness (QED) is 0.605. The van der Waals surface area contributed by atoms with Crippen LogP contribution in [0, 0.1) is 5.92 Å². The molecular formula is C24H24. The summed E-state index contributed by atoms with van der Waals surface area (Å²) in [6.07, 6.45) is 8.98. The van der Waals surface area contributed by atoms with E-state index in [9.17, 15) is 0 Å². The molecule has 0 aliphatic heterocycles. The van der Waals surface area contributed by atoms with E-state index in [2.05, 4.69) is 81.1 Å². The van der Waals surface area contributed by atoms with Crippen LogP contribution < -0.4 is 0 Å². The maximum atomic E-state index is 4.38. The summed E-state index contributed by atoms with van der Waals surface area (Å²) in [7, 11) is 0. The molecule has 120 valence electrons. The van der Waals surface area contributed by atoms with Gasteiger partial charge in [-0.15, -0.1) is 0 Å². The van der Waals surface area contributed by atoms with Crippen molar-refractivity contribution < 1.29 is 0 Å². The predicted molar refractivity (Wildman–Crippen MR) is 105 cm³/mol. The van der Waals surface area contributed by atoms with E-state index < -0.39 is 0 Å². The molecule has 0 saturated carbocycles. The molecule has 0 fully saturated rings. The molecule has 2 aliphatic rings. The lowest BCUT2D eigenvalue weighted by Crippen LogP contribution is -2.01. The van der Waals surface area contributed by atoms with Crippen molar-refractivity contribution in [2.45, 2.75) is 32.6 Å². The van der Waals surface area contributed by atoms with Crippen molar-refractivity contribution in [1.29, 1.82) is 0 Å². The molecule has 4 rings (SSSR count). The van der Waals surface area contributed by atoms with Gasteiger partial charge in [-0.3, -0.25) is 0 Å². The molecule has 1 atom stereocenters. The Balaban J connectivity index is 1.56. The van der Waals surface area contributed by atoms with Crippen LogP contribution in [-0.2, 0) is 6.42 Å². The predicted octanol–water partition coefficient (Wildman–Crippen LogP) is 6.50. The van der Waals surface area contributed by atoms with Gasteiger partial charge in [-0.1, -0.05) is 75.1 Å². The van der Waals surface area contributed by atoms with Gasteiger partial charge >= 0.3 is 0 Å². The van der Waals surface area contributed by atoms with Gasteiger partial charge in [-0.2, -0.15) is 0 Å². The fraction of sp³-hybridized carbons (Fsp3) is 0.250. The third-order valence-electron chi connectivity index (χ3n) is 5.39. The number of benzene rings is 2. The molecule has 0 spiro atoms. The average molecular weight is 312 g/mol. The summed E-state index contributed by atoms with van der Waals surface area (Å²) >= 11 is 0. The summed E-state index contributed by atoms with van der Waals surface area (Å²) in [6.45, 7) is 8.96. The minimum absolute atomic E-state index is 0.562. The summed E-state index contributed by atoms with van der Waals surface area (Å²) in [6, 6.07) is 15.6. The van der Waals surface area contributed by atoms with Gasteiger partial charge in [0, 0.05) is 5.92 Å². The van der Waals surface area contributed by atoms with Gasteiger partial charge in [-0.25, -0.2) is 0 Å². The second-order valence-electron chi connectivity index (χ2n) is 7.34. The van der Waals surface area contributed by atoms with E-state index >= 15 is 0 Å². The first-order chi connectivity index (χ1) is 11.6. The fourth-order valence-corrected chi connectivity index (χ4v) is 3.99. The Hall–Kier alpha value is -2.34. The van der Waals surface area contributed by atoms with Crippen LogP contribution in [0.2, 0.25) is 0 Å². The second kappa shape index (κ2) is 5.94.